The highest BCUT2D eigenvalue weighted by Gasteiger charge is 2.44. The van der Waals surface area contributed by atoms with Gasteiger partial charge < -0.3 is 4.90 Å². The molecule has 2 aromatic rings. The van der Waals surface area contributed by atoms with E-state index in [0.717, 1.165) is 36.1 Å². The number of nitrogens with zero attached hydrogens (tertiary/aromatic N) is 1. The molecule has 0 fully saturated rings. The number of rotatable bonds is 8. The van der Waals surface area contributed by atoms with Crippen LogP contribution in [0.3, 0.4) is 0 Å². The number of carbonyl (C=O) groups is 1. The maximum atomic E-state index is 12.8. The molecule has 0 aliphatic rings. The topological polar surface area (TPSA) is 49.8 Å². The van der Waals surface area contributed by atoms with E-state index in [1.54, 1.807) is 0 Å². The van der Waals surface area contributed by atoms with Crippen molar-refractivity contribution < 1.29 is 14.9 Å². The minimum absolute atomic E-state index is 0. The van der Waals surface area contributed by atoms with Crippen LogP contribution in [0.25, 0.3) is 0 Å². The molecule has 1 N–H and O–H groups in total. The second kappa shape index (κ2) is 10.3. The Morgan fingerprint density at radius 3 is 2.27 bits per heavy atom. The van der Waals surface area contributed by atoms with E-state index in [0.29, 0.717) is 6.42 Å². The van der Waals surface area contributed by atoms with Crippen molar-refractivity contribution in [2.75, 3.05) is 20.6 Å². The lowest BCUT2D eigenvalue weighted by Gasteiger charge is -2.33. The minimum Gasteiger partial charge on any atom is -0.309 e. The van der Waals surface area contributed by atoms with Crippen molar-refractivity contribution in [1.82, 2.24) is 4.90 Å². The van der Waals surface area contributed by atoms with Crippen LogP contribution in [-0.4, -0.2) is 36.8 Å². The fourth-order valence-electron chi connectivity index (χ4n) is 3.44. The maximum absolute atomic E-state index is 12.8. The Kier molecular flexibility index (Phi) is 8.79. The van der Waals surface area contributed by atoms with Gasteiger partial charge in [-0.25, -0.2) is 4.79 Å². The highest BCUT2D eigenvalue weighted by Crippen LogP contribution is 2.40. The van der Waals surface area contributed by atoms with Crippen molar-refractivity contribution in [2.45, 2.75) is 31.6 Å². The summed E-state index contributed by atoms with van der Waals surface area (Å²) in [6.45, 7) is 2.91. The first-order valence-electron chi connectivity index (χ1n) is 8.70. The molecule has 0 aliphatic carbocycles. The monoisotopic (exact) mass is 377 g/mol. The van der Waals surface area contributed by atoms with Gasteiger partial charge in [-0.15, -0.1) is 12.4 Å². The summed E-state index contributed by atoms with van der Waals surface area (Å²) in [6, 6.07) is 17.5. The Bertz CT molecular complexity index is 691. The van der Waals surface area contributed by atoms with E-state index in [1.807, 2.05) is 69.6 Å². The van der Waals surface area contributed by atoms with E-state index in [2.05, 4.69) is 15.9 Å². The van der Waals surface area contributed by atoms with Gasteiger partial charge in [-0.3, -0.25) is 4.89 Å². The van der Waals surface area contributed by atoms with Crippen molar-refractivity contribution in [3.05, 3.63) is 71.3 Å². The minimum atomic E-state index is -1.01. The molecule has 0 amide bonds. The third-order valence-corrected chi connectivity index (χ3v) is 4.63. The Morgan fingerprint density at radius 1 is 1.08 bits per heavy atom. The fraction of sp³-hybridized carbons (Fsp3) is 0.381. The smallest absolute Gasteiger partial charge is 0.309 e. The van der Waals surface area contributed by atoms with Crippen molar-refractivity contribution >= 4 is 18.4 Å². The molecular formula is C21H28ClNO3. The second-order valence-electron chi connectivity index (χ2n) is 6.61. The van der Waals surface area contributed by atoms with Crippen LogP contribution in [0.1, 0.15) is 36.5 Å². The third kappa shape index (κ3) is 4.64. The van der Waals surface area contributed by atoms with Crippen molar-refractivity contribution in [2.24, 2.45) is 0 Å². The van der Waals surface area contributed by atoms with Gasteiger partial charge >= 0.3 is 5.97 Å². The molecule has 142 valence electrons. The molecule has 0 saturated heterocycles. The number of hydrogen-bond acceptors (Lipinski definition) is 4. The molecule has 0 aromatic heterocycles. The van der Waals surface area contributed by atoms with E-state index in [9.17, 15) is 10.1 Å². The first kappa shape index (κ1) is 22.2. The third-order valence-electron chi connectivity index (χ3n) is 4.63. The Morgan fingerprint density at radius 2 is 1.69 bits per heavy atom. The van der Waals surface area contributed by atoms with E-state index >= 15 is 0 Å². The first-order chi connectivity index (χ1) is 12.1. The summed E-state index contributed by atoms with van der Waals surface area (Å²) < 4.78 is 0. The lowest BCUT2D eigenvalue weighted by Crippen LogP contribution is -2.39. The van der Waals surface area contributed by atoms with Gasteiger partial charge in [-0.1, -0.05) is 67.9 Å². The van der Waals surface area contributed by atoms with Crippen molar-refractivity contribution in [3.8, 4) is 0 Å². The Hall–Kier alpha value is -1.88. The van der Waals surface area contributed by atoms with Gasteiger partial charge in [0.25, 0.3) is 0 Å². The number of hydrogen-bond donors (Lipinski definition) is 1. The van der Waals surface area contributed by atoms with Gasteiger partial charge in [0.2, 0.25) is 0 Å². The summed E-state index contributed by atoms with van der Waals surface area (Å²) in [5.41, 5.74) is 1.84. The highest BCUT2D eigenvalue weighted by molar-refractivity contribution is 5.87. The van der Waals surface area contributed by atoms with E-state index in [1.165, 1.54) is 0 Å². The van der Waals surface area contributed by atoms with Gasteiger partial charge in [0, 0.05) is 6.54 Å². The molecule has 0 aliphatic heterocycles. The molecule has 5 heteroatoms. The molecule has 0 saturated carbocycles. The standard InChI is InChI=1S/C21H27NO3.ClH/c1-4-15-21(20(23)25-24,18-11-6-5-7-12-18)19-13-9-8-10-17(19)14-16-22(2)3;/h5-13,24H,4,14-16H2,1-3H3;1H. The molecule has 1 atom stereocenters. The number of likely N-dealkylation sites (N-methyl/N-ethyl adjacent to an activating group) is 1. The van der Waals surface area contributed by atoms with Crippen molar-refractivity contribution in [3.63, 3.8) is 0 Å². The molecule has 0 heterocycles. The zero-order chi connectivity index (χ0) is 18.3. The summed E-state index contributed by atoms with van der Waals surface area (Å²) in [7, 11) is 4.06. The lowest BCUT2D eigenvalue weighted by molar-refractivity contribution is -0.239. The molecule has 0 radical (unpaired) electrons. The molecule has 1 unspecified atom stereocenters. The second-order valence-corrected chi connectivity index (χ2v) is 6.61. The Labute approximate surface area is 162 Å². The zero-order valence-electron chi connectivity index (χ0n) is 15.6. The van der Waals surface area contributed by atoms with Gasteiger partial charge in [-0.05, 0) is 43.6 Å². The predicted octanol–water partition coefficient (Wildman–Crippen LogP) is 4.31. The number of benzene rings is 2. The van der Waals surface area contributed by atoms with Crippen LogP contribution in [0.15, 0.2) is 54.6 Å². The highest BCUT2D eigenvalue weighted by atomic mass is 35.5. The average molecular weight is 378 g/mol. The molecule has 0 bridgehead atoms. The number of halogens is 1. The Balaban J connectivity index is 0.00000338. The molecule has 26 heavy (non-hydrogen) atoms. The average Bonchev–Trinajstić information content (AvgIpc) is 2.65. The molecular weight excluding hydrogens is 350 g/mol. The summed E-state index contributed by atoms with van der Waals surface area (Å²) in [6.07, 6.45) is 2.17. The SMILES string of the molecule is CCCC(C(=O)OO)(c1ccccc1)c1ccccc1CCN(C)C.Cl. The molecule has 4 nitrogen and oxygen atoms in total. The van der Waals surface area contributed by atoms with Gasteiger partial charge in [0.1, 0.15) is 5.41 Å². The summed E-state index contributed by atoms with van der Waals surface area (Å²) in [5, 5.41) is 9.27. The van der Waals surface area contributed by atoms with Crippen LogP contribution in [0.4, 0.5) is 0 Å². The predicted molar refractivity (Wildman–Crippen MR) is 107 cm³/mol. The lowest BCUT2D eigenvalue weighted by atomic mass is 9.69. The fourth-order valence-corrected chi connectivity index (χ4v) is 3.44. The summed E-state index contributed by atoms with van der Waals surface area (Å²) >= 11 is 0. The van der Waals surface area contributed by atoms with Crippen LogP contribution in [0.2, 0.25) is 0 Å². The van der Waals surface area contributed by atoms with E-state index in [4.69, 9.17) is 0 Å². The quantitative estimate of drug-likeness (QED) is 0.550. The zero-order valence-corrected chi connectivity index (χ0v) is 16.5. The van der Waals surface area contributed by atoms with Crippen LogP contribution < -0.4 is 0 Å². The van der Waals surface area contributed by atoms with Crippen LogP contribution in [-0.2, 0) is 21.5 Å². The normalized spacial score (nSPS) is 13.0. The molecule has 0 spiro atoms. The summed E-state index contributed by atoms with van der Waals surface area (Å²) in [4.78, 5) is 19.3. The van der Waals surface area contributed by atoms with Gasteiger partial charge in [-0.2, -0.15) is 5.26 Å². The van der Waals surface area contributed by atoms with E-state index < -0.39 is 11.4 Å². The van der Waals surface area contributed by atoms with Crippen LogP contribution in [0.5, 0.6) is 0 Å². The number of carbonyl (C=O) groups excluding carboxylic acids is 1. The van der Waals surface area contributed by atoms with E-state index in [-0.39, 0.29) is 12.4 Å². The van der Waals surface area contributed by atoms with Crippen LogP contribution >= 0.6 is 12.4 Å². The van der Waals surface area contributed by atoms with Crippen LogP contribution in [0, 0.1) is 0 Å². The maximum Gasteiger partial charge on any atom is 0.356 e. The van der Waals surface area contributed by atoms with Gasteiger partial charge in [0.05, 0.1) is 0 Å². The molecule has 2 aromatic carbocycles. The van der Waals surface area contributed by atoms with Gasteiger partial charge in [0.15, 0.2) is 0 Å². The van der Waals surface area contributed by atoms with Crippen molar-refractivity contribution in [1.29, 1.82) is 0 Å². The summed E-state index contributed by atoms with van der Waals surface area (Å²) in [5.74, 6) is -0.627. The molecule has 2 rings (SSSR count). The largest absolute Gasteiger partial charge is 0.356 e. The first-order valence-corrected chi connectivity index (χ1v) is 8.70.